The second-order valence-electron chi connectivity index (χ2n) is 4.11. The molecule has 0 saturated carbocycles. The lowest BCUT2D eigenvalue weighted by Gasteiger charge is -2.24. The molecule has 100 valence electrons. The minimum Gasteiger partial charge on any atom is -0.348 e. The first kappa shape index (κ1) is 15.6. The molecule has 18 heavy (non-hydrogen) atoms. The van der Waals surface area contributed by atoms with Gasteiger partial charge >= 0.3 is 0 Å². The third kappa shape index (κ3) is 3.75. The fraction of sp³-hybridized carbons (Fsp3) is 0.417. The lowest BCUT2D eigenvalue weighted by molar-refractivity contribution is 0.0931. The number of carbonyl (C=O) groups excluding carboxylic acids is 1. The number of hydrogen-bond donors (Lipinski definition) is 2. The van der Waals surface area contributed by atoms with Crippen molar-refractivity contribution >= 4 is 41.5 Å². The maximum atomic E-state index is 12.0. The highest BCUT2D eigenvalue weighted by atomic mass is 35.5. The molecule has 2 N–H and O–H groups in total. The first-order chi connectivity index (χ1) is 8.18. The fourth-order valence-corrected chi connectivity index (χ4v) is 2.52. The summed E-state index contributed by atoms with van der Waals surface area (Å²) in [6, 6.07) is 5.22. The predicted molar refractivity (Wildman–Crippen MR) is 77.1 cm³/mol. The van der Waals surface area contributed by atoms with Crippen LogP contribution in [-0.4, -0.2) is 25.0 Å². The van der Waals surface area contributed by atoms with Crippen molar-refractivity contribution in [3.05, 3.63) is 33.8 Å². The van der Waals surface area contributed by atoms with Gasteiger partial charge in [0.05, 0.1) is 15.6 Å². The first-order valence-electron chi connectivity index (χ1n) is 5.64. The summed E-state index contributed by atoms with van der Waals surface area (Å²) in [4.78, 5) is 12.0. The van der Waals surface area contributed by atoms with Crippen molar-refractivity contribution in [3.8, 4) is 0 Å². The van der Waals surface area contributed by atoms with Gasteiger partial charge in [0, 0.05) is 12.6 Å². The lowest BCUT2D eigenvalue weighted by atomic mass is 10.1. The van der Waals surface area contributed by atoms with Gasteiger partial charge in [0.25, 0.3) is 5.91 Å². The average Bonchev–Trinajstić information content (AvgIpc) is 2.30. The maximum Gasteiger partial charge on any atom is 0.254 e. The number of hydrogen-bond acceptors (Lipinski definition) is 2. The zero-order valence-electron chi connectivity index (χ0n) is 9.71. The highest BCUT2D eigenvalue weighted by Crippen LogP contribution is 2.24. The van der Waals surface area contributed by atoms with Crippen LogP contribution in [0.1, 0.15) is 23.2 Å². The molecular formula is C12H15Cl3N2O. The fourth-order valence-electron chi connectivity index (χ4n) is 1.95. The Morgan fingerprint density at radius 1 is 1.33 bits per heavy atom. The lowest BCUT2D eigenvalue weighted by Crippen LogP contribution is -2.45. The zero-order valence-corrected chi connectivity index (χ0v) is 12.0. The quantitative estimate of drug-likeness (QED) is 0.882. The number of benzene rings is 1. The summed E-state index contributed by atoms with van der Waals surface area (Å²) in [5.74, 6) is -0.200. The molecule has 0 bridgehead atoms. The van der Waals surface area contributed by atoms with Gasteiger partial charge < -0.3 is 10.6 Å². The number of halogens is 3. The summed E-state index contributed by atoms with van der Waals surface area (Å²) in [5.41, 5.74) is 0.362. The molecule has 1 aromatic rings. The third-order valence-electron chi connectivity index (χ3n) is 2.82. The van der Waals surface area contributed by atoms with Crippen LogP contribution in [0.15, 0.2) is 18.2 Å². The monoisotopic (exact) mass is 308 g/mol. The molecule has 1 unspecified atom stereocenters. The van der Waals surface area contributed by atoms with E-state index in [2.05, 4.69) is 10.6 Å². The topological polar surface area (TPSA) is 41.1 Å². The molecule has 2 rings (SSSR count). The van der Waals surface area contributed by atoms with Crippen LogP contribution in [-0.2, 0) is 0 Å². The van der Waals surface area contributed by atoms with E-state index in [9.17, 15) is 4.79 Å². The zero-order chi connectivity index (χ0) is 12.3. The highest BCUT2D eigenvalue weighted by Gasteiger charge is 2.19. The van der Waals surface area contributed by atoms with E-state index in [1.165, 1.54) is 0 Å². The van der Waals surface area contributed by atoms with Crippen LogP contribution in [0.25, 0.3) is 0 Å². The van der Waals surface area contributed by atoms with Crippen molar-refractivity contribution in [3.63, 3.8) is 0 Å². The van der Waals surface area contributed by atoms with Crippen LogP contribution in [0.2, 0.25) is 10.0 Å². The largest absolute Gasteiger partial charge is 0.348 e. The Hall–Kier alpha value is -0.480. The second kappa shape index (κ2) is 7.19. The van der Waals surface area contributed by atoms with Gasteiger partial charge in [0.15, 0.2) is 0 Å². The van der Waals surface area contributed by atoms with E-state index >= 15 is 0 Å². The summed E-state index contributed by atoms with van der Waals surface area (Å²) in [6.45, 7) is 1.81. The normalized spacial score (nSPS) is 18.9. The number of nitrogens with one attached hydrogen (secondary N) is 2. The van der Waals surface area contributed by atoms with Gasteiger partial charge in [-0.05, 0) is 31.5 Å². The summed E-state index contributed by atoms with van der Waals surface area (Å²) in [5, 5.41) is 6.96. The summed E-state index contributed by atoms with van der Waals surface area (Å²) >= 11 is 12.0. The third-order valence-corrected chi connectivity index (χ3v) is 3.45. The predicted octanol–water partition coefficient (Wildman–Crippen LogP) is 2.90. The minimum absolute atomic E-state index is 0. The Balaban J connectivity index is 0.00000162. The summed E-state index contributed by atoms with van der Waals surface area (Å²) in [7, 11) is 0. The molecule has 6 heteroatoms. The number of carbonyl (C=O) groups is 1. The van der Waals surface area contributed by atoms with Crippen LogP contribution in [0, 0.1) is 0 Å². The molecule has 1 amide bonds. The number of amides is 1. The Morgan fingerprint density at radius 3 is 2.56 bits per heavy atom. The molecule has 3 nitrogen and oxygen atoms in total. The van der Waals surface area contributed by atoms with Gasteiger partial charge in [-0.3, -0.25) is 4.79 Å². The molecule has 0 aromatic heterocycles. The Kier molecular flexibility index (Phi) is 6.22. The Labute approximate surface area is 123 Å². The summed E-state index contributed by atoms with van der Waals surface area (Å²) in [6.07, 6.45) is 2.06. The van der Waals surface area contributed by atoms with Gasteiger partial charge in [-0.2, -0.15) is 0 Å². The van der Waals surface area contributed by atoms with Crippen molar-refractivity contribution in [1.29, 1.82) is 0 Å². The van der Waals surface area contributed by atoms with Gasteiger partial charge in [0.2, 0.25) is 0 Å². The van der Waals surface area contributed by atoms with Crippen LogP contribution in [0.5, 0.6) is 0 Å². The van der Waals surface area contributed by atoms with E-state index in [-0.39, 0.29) is 24.4 Å². The molecule has 1 aliphatic rings. The van der Waals surface area contributed by atoms with Crippen molar-refractivity contribution in [2.24, 2.45) is 0 Å². The second-order valence-corrected chi connectivity index (χ2v) is 4.93. The molecule has 0 radical (unpaired) electrons. The minimum atomic E-state index is -0.200. The van der Waals surface area contributed by atoms with E-state index in [4.69, 9.17) is 23.2 Å². The van der Waals surface area contributed by atoms with E-state index in [1.807, 2.05) is 0 Å². The van der Waals surface area contributed by atoms with Crippen LogP contribution in [0.4, 0.5) is 0 Å². The summed E-state index contributed by atoms with van der Waals surface area (Å²) < 4.78 is 0. The van der Waals surface area contributed by atoms with E-state index < -0.39 is 0 Å². The average molecular weight is 310 g/mol. The van der Waals surface area contributed by atoms with Crippen LogP contribution >= 0.6 is 35.6 Å². The molecule has 1 fully saturated rings. The first-order valence-corrected chi connectivity index (χ1v) is 6.39. The standard InChI is InChI=1S/C12H14Cl2N2O.ClH/c13-9-4-1-5-10(14)11(9)12(17)16-8-3-2-6-15-7-8;/h1,4-5,8,15H,2-3,6-7H2,(H,16,17);1H. The van der Waals surface area contributed by atoms with Crippen molar-refractivity contribution < 1.29 is 4.79 Å². The number of rotatable bonds is 2. The Bertz CT molecular complexity index is 400. The molecule has 0 spiro atoms. The Morgan fingerprint density at radius 2 is 2.00 bits per heavy atom. The van der Waals surface area contributed by atoms with Gasteiger partial charge in [-0.15, -0.1) is 12.4 Å². The van der Waals surface area contributed by atoms with Gasteiger partial charge in [0.1, 0.15) is 0 Å². The molecule has 1 heterocycles. The van der Waals surface area contributed by atoms with Crippen LogP contribution in [0.3, 0.4) is 0 Å². The SMILES string of the molecule is Cl.O=C(NC1CCCNC1)c1c(Cl)cccc1Cl. The van der Waals surface area contributed by atoms with Crippen molar-refractivity contribution in [1.82, 2.24) is 10.6 Å². The van der Waals surface area contributed by atoms with Crippen molar-refractivity contribution in [2.45, 2.75) is 18.9 Å². The van der Waals surface area contributed by atoms with Gasteiger partial charge in [-0.25, -0.2) is 0 Å². The highest BCUT2D eigenvalue weighted by molar-refractivity contribution is 6.39. The number of piperidine rings is 1. The smallest absolute Gasteiger partial charge is 0.254 e. The molecule has 1 aliphatic heterocycles. The molecule has 1 atom stereocenters. The van der Waals surface area contributed by atoms with Gasteiger partial charge in [-0.1, -0.05) is 29.3 Å². The molecule has 1 aromatic carbocycles. The molecule has 1 saturated heterocycles. The van der Waals surface area contributed by atoms with E-state index in [1.54, 1.807) is 18.2 Å². The maximum absolute atomic E-state index is 12.0. The van der Waals surface area contributed by atoms with E-state index in [0.29, 0.717) is 15.6 Å². The molecule has 0 aliphatic carbocycles. The van der Waals surface area contributed by atoms with Crippen LogP contribution < -0.4 is 10.6 Å². The van der Waals surface area contributed by atoms with E-state index in [0.717, 1.165) is 25.9 Å². The van der Waals surface area contributed by atoms with Crippen molar-refractivity contribution in [2.75, 3.05) is 13.1 Å². The molecular weight excluding hydrogens is 295 g/mol.